The molecule has 1 fully saturated rings. The summed E-state index contributed by atoms with van der Waals surface area (Å²) >= 11 is 0. The second-order valence-electron chi connectivity index (χ2n) is 4.19. The van der Waals surface area contributed by atoms with E-state index in [0.717, 1.165) is 0 Å². The lowest BCUT2D eigenvalue weighted by atomic mass is 10.2. The minimum atomic E-state index is -0.954. The third-order valence-corrected chi connectivity index (χ3v) is 2.93. The van der Waals surface area contributed by atoms with Crippen molar-refractivity contribution < 1.29 is 18.4 Å². The van der Waals surface area contributed by atoms with Crippen molar-refractivity contribution in [3.8, 4) is 0 Å². The Labute approximate surface area is 107 Å². The van der Waals surface area contributed by atoms with Gasteiger partial charge in [-0.3, -0.25) is 10.1 Å². The Kier molecular flexibility index (Phi) is 3.91. The summed E-state index contributed by atoms with van der Waals surface area (Å²) in [7, 11) is 0. The van der Waals surface area contributed by atoms with Crippen LogP contribution >= 0.6 is 0 Å². The number of morpholine rings is 1. The maximum absolute atomic E-state index is 13.8. The van der Waals surface area contributed by atoms with Crippen LogP contribution < -0.4 is 10.6 Å². The van der Waals surface area contributed by atoms with E-state index >= 15 is 0 Å². The van der Waals surface area contributed by atoms with Crippen LogP contribution in [0.4, 0.5) is 20.2 Å². The molecule has 1 unspecified atom stereocenters. The molecule has 6 nitrogen and oxygen atoms in total. The van der Waals surface area contributed by atoms with Gasteiger partial charge in [0.15, 0.2) is 11.6 Å². The first-order valence-electron chi connectivity index (χ1n) is 5.73. The Balaban J connectivity index is 2.31. The summed E-state index contributed by atoms with van der Waals surface area (Å²) in [6, 6.07) is 1.43. The molecule has 0 aliphatic carbocycles. The number of anilines is 1. The quantitative estimate of drug-likeness (QED) is 0.657. The first-order chi connectivity index (χ1) is 9.02. The second kappa shape index (κ2) is 5.45. The Morgan fingerprint density at radius 2 is 2.11 bits per heavy atom. The zero-order valence-electron chi connectivity index (χ0n) is 10.0. The highest BCUT2D eigenvalue weighted by molar-refractivity contribution is 5.54. The predicted octanol–water partition coefficient (Wildman–Crippen LogP) is 1.04. The number of benzene rings is 1. The average molecular weight is 273 g/mol. The number of nitro benzene ring substituents is 1. The summed E-state index contributed by atoms with van der Waals surface area (Å²) in [5.41, 5.74) is 4.58. The Morgan fingerprint density at radius 1 is 1.47 bits per heavy atom. The predicted molar refractivity (Wildman–Crippen MR) is 64.0 cm³/mol. The van der Waals surface area contributed by atoms with Gasteiger partial charge in [-0.15, -0.1) is 0 Å². The summed E-state index contributed by atoms with van der Waals surface area (Å²) in [6.07, 6.45) is -0.303. The normalized spacial score (nSPS) is 19.5. The van der Waals surface area contributed by atoms with Gasteiger partial charge in [0.25, 0.3) is 5.69 Å². The molecule has 104 valence electrons. The molecule has 8 heteroatoms. The summed E-state index contributed by atoms with van der Waals surface area (Å²) in [4.78, 5) is 11.1. The molecule has 19 heavy (non-hydrogen) atoms. The summed E-state index contributed by atoms with van der Waals surface area (Å²) in [5.74, 6) is -1.91. The first kappa shape index (κ1) is 13.6. The van der Waals surface area contributed by atoms with E-state index in [1.54, 1.807) is 0 Å². The van der Waals surface area contributed by atoms with Gasteiger partial charge in [0.1, 0.15) is 5.69 Å². The van der Waals surface area contributed by atoms with Crippen molar-refractivity contribution in [3.63, 3.8) is 0 Å². The first-order valence-corrected chi connectivity index (χ1v) is 5.73. The van der Waals surface area contributed by atoms with E-state index in [2.05, 4.69) is 0 Å². The maximum Gasteiger partial charge on any atom is 0.275 e. The van der Waals surface area contributed by atoms with Crippen LogP contribution in [-0.4, -0.2) is 37.3 Å². The van der Waals surface area contributed by atoms with Crippen LogP contribution in [0.5, 0.6) is 0 Å². The topological polar surface area (TPSA) is 81.6 Å². The number of hydrogen-bond donors (Lipinski definition) is 1. The molecule has 0 radical (unpaired) electrons. The zero-order chi connectivity index (χ0) is 14.0. The van der Waals surface area contributed by atoms with E-state index < -0.39 is 22.2 Å². The molecule has 1 aromatic carbocycles. The van der Waals surface area contributed by atoms with Crippen molar-refractivity contribution in [2.45, 2.75) is 6.10 Å². The van der Waals surface area contributed by atoms with Gasteiger partial charge in [0, 0.05) is 19.6 Å². The smallest absolute Gasteiger partial charge is 0.275 e. The molecular formula is C11H13F2N3O3. The van der Waals surface area contributed by atoms with Crippen molar-refractivity contribution in [1.29, 1.82) is 0 Å². The summed E-state index contributed by atoms with van der Waals surface area (Å²) < 4.78 is 33.0. The highest BCUT2D eigenvalue weighted by Crippen LogP contribution is 2.29. The Hall–Kier alpha value is -1.80. The molecule has 0 saturated carbocycles. The fourth-order valence-electron chi connectivity index (χ4n) is 2.02. The number of nitrogens with zero attached hydrogens (tertiary/aromatic N) is 2. The largest absolute Gasteiger partial charge is 0.373 e. The third kappa shape index (κ3) is 2.79. The molecule has 0 bridgehead atoms. The molecule has 2 rings (SSSR count). The van der Waals surface area contributed by atoms with Crippen molar-refractivity contribution in [3.05, 3.63) is 33.9 Å². The van der Waals surface area contributed by atoms with Gasteiger partial charge < -0.3 is 15.4 Å². The van der Waals surface area contributed by atoms with Crippen molar-refractivity contribution in [2.75, 3.05) is 31.1 Å². The maximum atomic E-state index is 13.8. The van der Waals surface area contributed by atoms with Crippen molar-refractivity contribution in [1.82, 2.24) is 0 Å². The SMILES string of the molecule is NCC1CN(c2c(F)cc([N+](=O)[O-])cc2F)CCO1. The van der Waals surface area contributed by atoms with Gasteiger partial charge in [-0.1, -0.05) is 0 Å². The highest BCUT2D eigenvalue weighted by Gasteiger charge is 2.26. The monoisotopic (exact) mass is 273 g/mol. The Morgan fingerprint density at radius 3 is 2.63 bits per heavy atom. The lowest BCUT2D eigenvalue weighted by Crippen LogP contribution is -2.46. The van der Waals surface area contributed by atoms with Gasteiger partial charge in [-0.05, 0) is 0 Å². The second-order valence-corrected chi connectivity index (χ2v) is 4.19. The van der Waals surface area contributed by atoms with Gasteiger partial charge in [0.05, 0.1) is 29.8 Å². The van der Waals surface area contributed by atoms with Gasteiger partial charge in [0.2, 0.25) is 0 Å². The summed E-state index contributed by atoms with van der Waals surface area (Å²) in [5, 5.41) is 10.5. The average Bonchev–Trinajstić information content (AvgIpc) is 2.38. The number of halogens is 2. The molecular weight excluding hydrogens is 260 g/mol. The molecule has 2 N–H and O–H groups in total. The van der Waals surface area contributed by atoms with Crippen LogP contribution in [-0.2, 0) is 4.74 Å². The van der Waals surface area contributed by atoms with Crippen LogP contribution in [0.1, 0.15) is 0 Å². The van der Waals surface area contributed by atoms with Gasteiger partial charge >= 0.3 is 0 Å². The molecule has 1 atom stereocenters. The van der Waals surface area contributed by atoms with Gasteiger partial charge in [-0.25, -0.2) is 8.78 Å². The molecule has 1 aromatic rings. The number of nitrogens with two attached hydrogens (primary N) is 1. The van der Waals surface area contributed by atoms with E-state index in [4.69, 9.17) is 10.5 Å². The molecule has 1 saturated heterocycles. The van der Waals surface area contributed by atoms with Crippen LogP contribution in [0.2, 0.25) is 0 Å². The zero-order valence-corrected chi connectivity index (χ0v) is 10.0. The van der Waals surface area contributed by atoms with Gasteiger partial charge in [-0.2, -0.15) is 0 Å². The van der Waals surface area contributed by atoms with E-state index in [1.807, 2.05) is 0 Å². The number of ether oxygens (including phenoxy) is 1. The Bertz CT molecular complexity index is 475. The van der Waals surface area contributed by atoms with E-state index in [-0.39, 0.29) is 24.9 Å². The highest BCUT2D eigenvalue weighted by atomic mass is 19.1. The molecule has 1 aliphatic heterocycles. The third-order valence-electron chi connectivity index (χ3n) is 2.93. The number of hydrogen-bond acceptors (Lipinski definition) is 5. The fourth-order valence-corrected chi connectivity index (χ4v) is 2.02. The van der Waals surface area contributed by atoms with Crippen molar-refractivity contribution in [2.24, 2.45) is 5.73 Å². The van der Waals surface area contributed by atoms with E-state index in [0.29, 0.717) is 25.3 Å². The number of nitro groups is 1. The van der Waals surface area contributed by atoms with Crippen LogP contribution in [0, 0.1) is 21.7 Å². The number of non-ortho nitro benzene ring substituents is 1. The van der Waals surface area contributed by atoms with Crippen LogP contribution in [0.3, 0.4) is 0 Å². The van der Waals surface area contributed by atoms with Crippen LogP contribution in [0.25, 0.3) is 0 Å². The molecule has 0 amide bonds. The molecule has 1 aliphatic rings. The lowest BCUT2D eigenvalue weighted by Gasteiger charge is -2.34. The lowest BCUT2D eigenvalue weighted by molar-refractivity contribution is -0.385. The van der Waals surface area contributed by atoms with E-state index in [9.17, 15) is 18.9 Å². The minimum absolute atomic E-state index is 0.243. The standard InChI is InChI=1S/C11H13F2N3O3/c12-9-3-7(16(17)18)4-10(13)11(9)15-1-2-19-8(5-14)6-15/h3-4,8H,1-2,5-6,14H2. The summed E-state index contributed by atoms with van der Waals surface area (Å²) in [6.45, 7) is 1.11. The number of rotatable bonds is 3. The molecule has 0 aromatic heterocycles. The molecule has 0 spiro atoms. The van der Waals surface area contributed by atoms with Crippen LogP contribution in [0.15, 0.2) is 12.1 Å². The minimum Gasteiger partial charge on any atom is -0.373 e. The van der Waals surface area contributed by atoms with Crippen molar-refractivity contribution >= 4 is 11.4 Å². The fraction of sp³-hybridized carbons (Fsp3) is 0.455. The van der Waals surface area contributed by atoms with E-state index in [1.165, 1.54) is 4.90 Å². The molecule has 1 heterocycles.